The molecule has 0 saturated heterocycles. The van der Waals surface area contributed by atoms with Gasteiger partial charge < -0.3 is 19.9 Å². The first kappa shape index (κ1) is 27.0. The molecular formula is C28H26F2N6O4S. The van der Waals surface area contributed by atoms with Crippen LogP contribution in [0.15, 0.2) is 65.8 Å². The maximum atomic E-state index is 13.1. The molecule has 4 aromatic rings. The highest BCUT2D eigenvalue weighted by Crippen LogP contribution is 2.35. The quantitative estimate of drug-likeness (QED) is 0.366. The Bertz CT molecular complexity index is 1740. The maximum Gasteiger partial charge on any atom is 0.255 e. The van der Waals surface area contributed by atoms with E-state index in [2.05, 4.69) is 15.3 Å². The molecule has 0 unspecified atom stereocenters. The molecule has 41 heavy (non-hydrogen) atoms. The van der Waals surface area contributed by atoms with Crippen molar-refractivity contribution in [3.05, 3.63) is 77.7 Å². The fourth-order valence-corrected chi connectivity index (χ4v) is 6.39. The smallest absolute Gasteiger partial charge is 0.255 e. The summed E-state index contributed by atoms with van der Waals surface area (Å²) in [5, 5.41) is 3.59. The van der Waals surface area contributed by atoms with Crippen LogP contribution in [0.25, 0.3) is 10.9 Å². The first-order valence-electron chi connectivity index (χ1n) is 13.0. The summed E-state index contributed by atoms with van der Waals surface area (Å²) in [4.78, 5) is 30.2. The van der Waals surface area contributed by atoms with Gasteiger partial charge >= 0.3 is 0 Å². The number of sulfone groups is 1. The Morgan fingerprint density at radius 2 is 1.98 bits per heavy atom. The highest BCUT2D eigenvalue weighted by molar-refractivity contribution is 7.91. The molecule has 0 bridgehead atoms. The number of nitrogens with one attached hydrogen (secondary N) is 1. The van der Waals surface area contributed by atoms with Crippen LogP contribution in [-0.2, 0) is 27.7 Å². The number of rotatable bonds is 6. The first-order chi connectivity index (χ1) is 19.8. The molecule has 0 fully saturated rings. The molecule has 0 saturated carbocycles. The van der Waals surface area contributed by atoms with E-state index >= 15 is 0 Å². The molecule has 2 aliphatic heterocycles. The third-order valence-corrected chi connectivity index (χ3v) is 8.81. The van der Waals surface area contributed by atoms with Crippen molar-refractivity contribution in [3.63, 3.8) is 0 Å². The Labute approximate surface area is 234 Å². The van der Waals surface area contributed by atoms with Gasteiger partial charge in [0.05, 0.1) is 53.8 Å². The molecule has 212 valence electrons. The molecule has 1 amide bonds. The van der Waals surface area contributed by atoms with Crippen LogP contribution in [0.3, 0.4) is 0 Å². The van der Waals surface area contributed by atoms with Crippen molar-refractivity contribution >= 4 is 44.0 Å². The van der Waals surface area contributed by atoms with Gasteiger partial charge in [-0.2, -0.15) is 0 Å². The lowest BCUT2D eigenvalue weighted by Gasteiger charge is -2.37. The van der Waals surface area contributed by atoms with Gasteiger partial charge in [-0.15, -0.1) is 0 Å². The van der Waals surface area contributed by atoms with Crippen LogP contribution in [0.4, 0.5) is 26.1 Å². The van der Waals surface area contributed by atoms with Gasteiger partial charge in [-0.3, -0.25) is 9.78 Å². The van der Waals surface area contributed by atoms with Gasteiger partial charge in [-0.1, -0.05) is 6.07 Å². The van der Waals surface area contributed by atoms with Crippen molar-refractivity contribution in [3.8, 4) is 0 Å². The van der Waals surface area contributed by atoms with Crippen molar-refractivity contribution < 1.29 is 26.7 Å². The lowest BCUT2D eigenvalue weighted by Crippen LogP contribution is -2.41. The van der Waals surface area contributed by atoms with E-state index in [-0.39, 0.29) is 42.5 Å². The Morgan fingerprint density at radius 1 is 1.10 bits per heavy atom. The first-order valence-corrected chi connectivity index (χ1v) is 14.7. The minimum absolute atomic E-state index is 0.102. The van der Waals surface area contributed by atoms with Crippen LogP contribution in [0.5, 0.6) is 0 Å². The van der Waals surface area contributed by atoms with E-state index in [1.165, 1.54) is 6.07 Å². The number of pyridine rings is 3. The summed E-state index contributed by atoms with van der Waals surface area (Å²) in [6.07, 6.45) is 0.825. The summed E-state index contributed by atoms with van der Waals surface area (Å²) in [6.45, 7) is 0.858. The van der Waals surface area contributed by atoms with Crippen molar-refractivity contribution in [1.82, 2.24) is 20.3 Å². The topological polar surface area (TPSA) is 118 Å². The van der Waals surface area contributed by atoms with E-state index in [4.69, 9.17) is 9.72 Å². The number of ether oxygens (including phenoxy) is 1. The van der Waals surface area contributed by atoms with Crippen molar-refractivity contribution in [1.29, 1.82) is 0 Å². The average molecular weight is 581 g/mol. The normalized spacial score (nSPS) is 16.3. The SMILES string of the molecule is O=C(NCc1cc2nc(N3CCN(CC(F)F)c4cccnc43)ccc2cn1)c1ccc2c(c1)S(=O)(=O)CCOC2. The predicted octanol–water partition coefficient (Wildman–Crippen LogP) is 3.48. The molecule has 3 aromatic heterocycles. The lowest BCUT2D eigenvalue weighted by molar-refractivity contribution is 0.0950. The standard InChI is InChI=1S/C28H26F2N6O4S/c29-25(30)16-35-8-9-36(27-23(35)2-1-7-31-27)26-6-5-19-14-32-21(13-22(19)34-26)15-33-28(37)18-3-4-20-17-40-10-11-41(38,39)24(20)12-18/h1-7,12-14,25H,8-11,15-17H2,(H,33,37). The number of benzene rings is 1. The molecule has 1 N–H and O–H groups in total. The highest BCUT2D eigenvalue weighted by atomic mass is 32.2. The number of halogens is 2. The number of nitrogens with zero attached hydrogens (tertiary/aromatic N) is 5. The van der Waals surface area contributed by atoms with E-state index in [9.17, 15) is 22.0 Å². The van der Waals surface area contributed by atoms with Gasteiger partial charge in [0.1, 0.15) is 5.82 Å². The molecule has 0 spiro atoms. The molecule has 5 heterocycles. The Balaban J connectivity index is 1.21. The summed E-state index contributed by atoms with van der Waals surface area (Å²) in [6, 6.07) is 13.6. The third-order valence-electron chi connectivity index (χ3n) is 7.05. The van der Waals surface area contributed by atoms with E-state index in [0.717, 1.165) is 5.39 Å². The molecule has 13 heteroatoms. The number of amides is 1. The zero-order valence-electron chi connectivity index (χ0n) is 21.8. The number of carbonyl (C=O) groups excluding carboxylic acids is 1. The monoisotopic (exact) mass is 580 g/mol. The van der Waals surface area contributed by atoms with Gasteiger partial charge in [0, 0.05) is 36.4 Å². The van der Waals surface area contributed by atoms with Crippen LogP contribution in [0, 0.1) is 0 Å². The lowest BCUT2D eigenvalue weighted by atomic mass is 10.1. The van der Waals surface area contributed by atoms with Gasteiger partial charge in [0.25, 0.3) is 12.3 Å². The van der Waals surface area contributed by atoms with Crippen molar-refractivity contribution in [2.24, 2.45) is 0 Å². The van der Waals surface area contributed by atoms with Crippen LogP contribution in [-0.4, -0.2) is 67.7 Å². The summed E-state index contributed by atoms with van der Waals surface area (Å²) in [5.41, 5.74) is 2.59. The number of hydrogen-bond acceptors (Lipinski definition) is 9. The van der Waals surface area contributed by atoms with E-state index in [0.29, 0.717) is 47.2 Å². The number of hydrogen-bond donors (Lipinski definition) is 1. The summed E-state index contributed by atoms with van der Waals surface area (Å²) >= 11 is 0. The predicted molar refractivity (Wildman–Crippen MR) is 148 cm³/mol. The number of aromatic nitrogens is 3. The largest absolute Gasteiger partial charge is 0.376 e. The van der Waals surface area contributed by atoms with E-state index in [1.54, 1.807) is 47.6 Å². The second-order valence-corrected chi connectivity index (χ2v) is 11.8. The van der Waals surface area contributed by atoms with Crippen LogP contribution in [0.1, 0.15) is 21.6 Å². The zero-order chi connectivity index (χ0) is 28.6. The number of fused-ring (bicyclic) bond motifs is 3. The third kappa shape index (κ3) is 5.55. The molecular weight excluding hydrogens is 554 g/mol. The minimum Gasteiger partial charge on any atom is -0.376 e. The van der Waals surface area contributed by atoms with Crippen molar-refractivity contribution in [2.45, 2.75) is 24.5 Å². The molecule has 0 atom stereocenters. The summed E-state index contributed by atoms with van der Waals surface area (Å²) in [7, 11) is -3.54. The molecule has 1 aromatic carbocycles. The van der Waals surface area contributed by atoms with Crippen LogP contribution >= 0.6 is 0 Å². The van der Waals surface area contributed by atoms with Gasteiger partial charge in [0.2, 0.25) is 0 Å². The van der Waals surface area contributed by atoms with Gasteiger partial charge in [0.15, 0.2) is 15.7 Å². The second-order valence-electron chi connectivity index (χ2n) is 9.75. The minimum atomic E-state index is -3.54. The number of carbonyl (C=O) groups is 1. The fraction of sp³-hybridized carbons (Fsp3) is 0.286. The highest BCUT2D eigenvalue weighted by Gasteiger charge is 2.27. The average Bonchev–Trinajstić information content (AvgIpc) is 3.12. The molecule has 2 aliphatic rings. The molecule has 0 aliphatic carbocycles. The molecule has 0 radical (unpaired) electrons. The maximum absolute atomic E-state index is 13.1. The van der Waals surface area contributed by atoms with Crippen molar-refractivity contribution in [2.75, 3.05) is 41.8 Å². The van der Waals surface area contributed by atoms with Gasteiger partial charge in [-0.05, 0) is 48.0 Å². The van der Waals surface area contributed by atoms with E-state index < -0.39 is 22.2 Å². The summed E-state index contributed by atoms with van der Waals surface area (Å²) in [5.74, 6) is 0.613. The van der Waals surface area contributed by atoms with E-state index in [1.807, 2.05) is 17.0 Å². The second kappa shape index (κ2) is 11.0. The Kier molecular flexibility index (Phi) is 7.22. The Hall–Kier alpha value is -4.23. The number of alkyl halides is 2. The fourth-order valence-electron chi connectivity index (χ4n) is 5.00. The van der Waals surface area contributed by atoms with Crippen LogP contribution in [0.2, 0.25) is 0 Å². The van der Waals surface area contributed by atoms with Crippen LogP contribution < -0.4 is 15.1 Å². The van der Waals surface area contributed by atoms with Gasteiger partial charge in [-0.25, -0.2) is 27.2 Å². The summed E-state index contributed by atoms with van der Waals surface area (Å²) < 4.78 is 56.7. The molecule has 6 rings (SSSR count). The zero-order valence-corrected chi connectivity index (χ0v) is 22.7. The Morgan fingerprint density at radius 3 is 2.83 bits per heavy atom. The number of anilines is 3. The molecule has 10 nitrogen and oxygen atoms in total.